The van der Waals surface area contributed by atoms with E-state index in [4.69, 9.17) is 9.84 Å². The first-order valence-electron chi connectivity index (χ1n) is 12.2. The number of carbonyl (C=O) groups excluding carboxylic acids is 1. The van der Waals surface area contributed by atoms with Gasteiger partial charge in [0, 0.05) is 36.9 Å². The van der Waals surface area contributed by atoms with Crippen molar-refractivity contribution in [2.24, 2.45) is 7.05 Å². The number of hydrogen-bond acceptors (Lipinski definition) is 5. The van der Waals surface area contributed by atoms with Crippen LogP contribution in [0.5, 0.6) is 0 Å². The van der Waals surface area contributed by atoms with Gasteiger partial charge in [-0.3, -0.25) is 10.00 Å². The highest BCUT2D eigenvalue weighted by molar-refractivity contribution is 5.91. The van der Waals surface area contributed by atoms with Crippen LogP contribution in [0.2, 0.25) is 0 Å². The number of methoxy groups -OCH3 is 1. The number of fused-ring (bicyclic) bond motifs is 1. The number of aromatic nitrogens is 4. The van der Waals surface area contributed by atoms with E-state index in [2.05, 4.69) is 15.7 Å². The number of carbonyl (C=O) groups is 1. The van der Waals surface area contributed by atoms with E-state index in [1.807, 2.05) is 88.6 Å². The Balaban J connectivity index is 1.50. The van der Waals surface area contributed by atoms with Crippen LogP contribution in [0.15, 0.2) is 67.0 Å². The lowest BCUT2D eigenvalue weighted by Gasteiger charge is -2.46. The summed E-state index contributed by atoms with van der Waals surface area (Å²) in [5.74, 6) is 0.532. The normalized spacial score (nSPS) is 20.3. The van der Waals surface area contributed by atoms with Crippen LogP contribution in [0.1, 0.15) is 36.6 Å². The Hall–Kier alpha value is -3.95. The summed E-state index contributed by atoms with van der Waals surface area (Å²) in [6.45, 7) is 6.00. The Kier molecular flexibility index (Phi) is 6.35. The number of benzene rings is 2. The quantitative estimate of drug-likeness (QED) is 0.382. The van der Waals surface area contributed by atoms with Crippen molar-refractivity contribution in [2.75, 3.05) is 12.4 Å². The van der Waals surface area contributed by atoms with Gasteiger partial charge < -0.3 is 15.2 Å². The Morgan fingerprint density at radius 2 is 1.81 bits per heavy atom. The lowest BCUT2D eigenvalue weighted by atomic mass is 9.67. The van der Waals surface area contributed by atoms with Gasteiger partial charge in [0.25, 0.3) is 0 Å². The fourth-order valence-corrected chi connectivity index (χ4v) is 5.39. The molecule has 0 radical (unpaired) electrons. The van der Waals surface area contributed by atoms with E-state index in [1.165, 1.54) is 0 Å². The van der Waals surface area contributed by atoms with Gasteiger partial charge in [0.2, 0.25) is 0 Å². The molecule has 3 N–H and O–H groups in total. The zero-order chi connectivity index (χ0) is 26.3. The average molecular weight is 501 g/mol. The number of aliphatic hydroxyl groups excluding tert-OH is 1. The summed E-state index contributed by atoms with van der Waals surface area (Å²) >= 11 is 0. The highest BCUT2D eigenvalue weighted by atomic mass is 16.5. The highest BCUT2D eigenvalue weighted by Crippen LogP contribution is 2.43. The molecule has 2 heterocycles. The van der Waals surface area contributed by atoms with E-state index < -0.39 is 29.7 Å². The highest BCUT2D eigenvalue weighted by Gasteiger charge is 2.47. The van der Waals surface area contributed by atoms with Gasteiger partial charge in [0.05, 0.1) is 24.0 Å². The number of nitrogens with zero attached hydrogens (tertiary/aromatic N) is 4. The minimum Gasteiger partial charge on any atom is -0.388 e. The molecule has 3 atom stereocenters. The van der Waals surface area contributed by atoms with Crippen LogP contribution >= 0.6 is 0 Å². The van der Waals surface area contributed by atoms with E-state index in [0.29, 0.717) is 5.82 Å². The number of ether oxygens (including phenoxy) is 1. The number of nitrogens with one attached hydrogen (secondary N) is 2. The Morgan fingerprint density at radius 3 is 2.49 bits per heavy atom. The molecule has 0 aliphatic heterocycles. The van der Waals surface area contributed by atoms with E-state index in [9.17, 15) is 9.90 Å². The van der Waals surface area contributed by atoms with Crippen molar-refractivity contribution in [2.45, 2.75) is 44.4 Å². The second kappa shape index (κ2) is 9.49. The average Bonchev–Trinajstić information content (AvgIpc) is 3.45. The summed E-state index contributed by atoms with van der Waals surface area (Å²) in [7, 11) is 3.43. The minimum atomic E-state index is -0.938. The predicted molar refractivity (Wildman–Crippen MR) is 142 cm³/mol. The van der Waals surface area contributed by atoms with Gasteiger partial charge in [-0.2, -0.15) is 10.2 Å². The first-order chi connectivity index (χ1) is 17.7. The van der Waals surface area contributed by atoms with Gasteiger partial charge in [-0.05, 0) is 30.2 Å². The lowest BCUT2D eigenvalue weighted by molar-refractivity contribution is -0.0730. The summed E-state index contributed by atoms with van der Waals surface area (Å²) in [6, 6.07) is 16.4. The number of aryl methyl sites for hydroxylation is 1. The van der Waals surface area contributed by atoms with Crippen molar-refractivity contribution >= 4 is 11.8 Å². The molecule has 1 aliphatic rings. The summed E-state index contributed by atoms with van der Waals surface area (Å²) in [5.41, 5.74) is 4.64. The number of urea groups is 1. The standard InChI is InChI=1S/C28H32N6O3/c1-17-22(18-15-29-33(4)16-18)32-34(19-11-7-6-8-12-19)26(17)31-27(36)30-23-20-13-9-10-14-21(20)28(2,3)25(37-5)24(23)35/h6-16,23-25,35H,1-5H3,(H2,30,31,36)/t23-,24?,25?/m1/s1. The summed E-state index contributed by atoms with van der Waals surface area (Å²) in [4.78, 5) is 13.4. The molecule has 37 heavy (non-hydrogen) atoms. The molecular weight excluding hydrogens is 468 g/mol. The van der Waals surface area contributed by atoms with E-state index in [0.717, 1.165) is 33.6 Å². The number of rotatable bonds is 5. The molecule has 0 fully saturated rings. The third-order valence-electron chi connectivity index (χ3n) is 7.23. The van der Waals surface area contributed by atoms with Crippen molar-refractivity contribution in [1.82, 2.24) is 24.9 Å². The third kappa shape index (κ3) is 4.30. The Labute approximate surface area is 216 Å². The molecule has 0 saturated carbocycles. The maximum atomic E-state index is 13.4. The van der Waals surface area contributed by atoms with Gasteiger partial charge in [0.1, 0.15) is 17.6 Å². The molecule has 0 saturated heterocycles. The van der Waals surface area contributed by atoms with Gasteiger partial charge in [0.15, 0.2) is 0 Å². The number of aliphatic hydroxyl groups is 1. The summed E-state index contributed by atoms with van der Waals surface area (Å²) in [5, 5.41) is 26.3. The van der Waals surface area contributed by atoms with Crippen molar-refractivity contribution in [3.8, 4) is 16.9 Å². The molecule has 192 valence electrons. The first kappa shape index (κ1) is 24.7. The molecule has 5 rings (SSSR count). The molecule has 2 unspecified atom stereocenters. The molecule has 4 aromatic rings. The molecule has 2 aromatic heterocycles. The van der Waals surface area contributed by atoms with Crippen LogP contribution in [0.4, 0.5) is 10.6 Å². The minimum absolute atomic E-state index is 0.430. The molecule has 9 heteroatoms. The largest absolute Gasteiger partial charge is 0.388 e. The number of para-hydroxylation sites is 1. The molecule has 2 aromatic carbocycles. The van der Waals surface area contributed by atoms with Crippen LogP contribution in [0, 0.1) is 6.92 Å². The fourth-order valence-electron chi connectivity index (χ4n) is 5.39. The van der Waals surface area contributed by atoms with Crippen LogP contribution in [-0.2, 0) is 17.2 Å². The van der Waals surface area contributed by atoms with Crippen LogP contribution in [0.3, 0.4) is 0 Å². The molecule has 2 amide bonds. The van der Waals surface area contributed by atoms with Gasteiger partial charge in [-0.1, -0.05) is 56.3 Å². The third-order valence-corrected chi connectivity index (χ3v) is 7.23. The number of amides is 2. The maximum Gasteiger partial charge on any atom is 0.320 e. The van der Waals surface area contributed by atoms with Crippen molar-refractivity contribution in [1.29, 1.82) is 0 Å². The smallest absolute Gasteiger partial charge is 0.320 e. The van der Waals surface area contributed by atoms with Crippen molar-refractivity contribution < 1.29 is 14.6 Å². The second-order valence-electron chi connectivity index (χ2n) is 10.0. The van der Waals surface area contributed by atoms with Gasteiger partial charge >= 0.3 is 6.03 Å². The van der Waals surface area contributed by atoms with E-state index >= 15 is 0 Å². The fraction of sp³-hybridized carbons (Fsp3) is 0.321. The number of hydrogen-bond donors (Lipinski definition) is 3. The molecular formula is C28H32N6O3. The van der Waals surface area contributed by atoms with Crippen LogP contribution in [0.25, 0.3) is 16.9 Å². The zero-order valence-electron chi connectivity index (χ0n) is 21.6. The molecule has 1 aliphatic carbocycles. The second-order valence-corrected chi connectivity index (χ2v) is 10.0. The molecule has 9 nitrogen and oxygen atoms in total. The van der Waals surface area contributed by atoms with Crippen molar-refractivity contribution in [3.63, 3.8) is 0 Å². The molecule has 0 bridgehead atoms. The Morgan fingerprint density at radius 1 is 1.11 bits per heavy atom. The van der Waals surface area contributed by atoms with E-state index in [1.54, 1.807) is 22.7 Å². The lowest BCUT2D eigenvalue weighted by Crippen LogP contribution is -2.55. The summed E-state index contributed by atoms with van der Waals surface area (Å²) < 4.78 is 9.14. The van der Waals surface area contributed by atoms with Crippen LogP contribution < -0.4 is 10.6 Å². The first-order valence-corrected chi connectivity index (χ1v) is 12.2. The SMILES string of the molecule is COC1C(O)[C@H](NC(=O)Nc2c(C)c(-c3cnn(C)c3)nn2-c2ccccc2)c2ccccc2C1(C)C. The topological polar surface area (TPSA) is 106 Å². The number of anilines is 1. The zero-order valence-corrected chi connectivity index (χ0v) is 21.6. The predicted octanol–water partition coefficient (Wildman–Crippen LogP) is 4.11. The monoisotopic (exact) mass is 500 g/mol. The molecule has 0 spiro atoms. The van der Waals surface area contributed by atoms with Gasteiger partial charge in [-0.15, -0.1) is 0 Å². The van der Waals surface area contributed by atoms with E-state index in [-0.39, 0.29) is 0 Å². The maximum absolute atomic E-state index is 13.4. The van der Waals surface area contributed by atoms with Crippen molar-refractivity contribution in [3.05, 3.63) is 83.7 Å². The van der Waals surface area contributed by atoms with Crippen LogP contribution in [-0.4, -0.2) is 50.0 Å². The van der Waals surface area contributed by atoms with Gasteiger partial charge in [-0.25, -0.2) is 9.48 Å². The summed E-state index contributed by atoms with van der Waals surface area (Å²) in [6.07, 6.45) is 2.20. The Bertz CT molecular complexity index is 1420.